The number of nitrogens with one attached hydrogen (secondary N) is 1. The molecule has 0 aromatic carbocycles. The van der Waals surface area contributed by atoms with Crippen LogP contribution in [0.4, 0.5) is 0 Å². The van der Waals surface area contributed by atoms with Crippen molar-refractivity contribution < 1.29 is 9.53 Å². The molecule has 0 atom stereocenters. The maximum Gasteiger partial charge on any atom is 0.227 e. The highest BCUT2D eigenvalue weighted by Gasteiger charge is 2.33. The second-order valence-electron chi connectivity index (χ2n) is 4.55. The van der Waals surface area contributed by atoms with E-state index in [1.54, 1.807) is 13.3 Å². The number of ether oxygens (including phenoxy) is 1. The molecule has 1 rings (SSSR count). The van der Waals surface area contributed by atoms with Crippen LogP contribution in [0.5, 0.6) is 5.88 Å². The average molecular weight is 265 g/mol. The van der Waals surface area contributed by atoms with Crippen LogP contribution in [-0.2, 0) is 11.3 Å². The summed E-state index contributed by atoms with van der Waals surface area (Å²) in [7, 11) is 1.57. The summed E-state index contributed by atoms with van der Waals surface area (Å²) in [6.07, 6.45) is 3.12. The van der Waals surface area contributed by atoms with Crippen molar-refractivity contribution in [1.29, 1.82) is 0 Å². The van der Waals surface area contributed by atoms with Crippen LogP contribution in [0, 0.1) is 5.41 Å². The van der Waals surface area contributed by atoms with Crippen molar-refractivity contribution >= 4 is 5.91 Å². The minimum atomic E-state index is -0.477. The van der Waals surface area contributed by atoms with Crippen molar-refractivity contribution in [3.63, 3.8) is 0 Å². The first-order valence-corrected chi connectivity index (χ1v) is 6.59. The molecule has 3 N–H and O–H groups in total. The Labute approximate surface area is 114 Å². The second-order valence-corrected chi connectivity index (χ2v) is 4.55. The number of methoxy groups -OCH3 is 1. The van der Waals surface area contributed by atoms with Crippen LogP contribution in [0.2, 0.25) is 0 Å². The normalized spacial score (nSPS) is 11.2. The van der Waals surface area contributed by atoms with Gasteiger partial charge in [0.15, 0.2) is 0 Å². The van der Waals surface area contributed by atoms with Gasteiger partial charge in [0.25, 0.3) is 0 Å². The Morgan fingerprint density at radius 1 is 1.47 bits per heavy atom. The predicted molar refractivity (Wildman–Crippen MR) is 74.7 cm³/mol. The van der Waals surface area contributed by atoms with Crippen LogP contribution >= 0.6 is 0 Å². The van der Waals surface area contributed by atoms with Crippen LogP contribution in [0.3, 0.4) is 0 Å². The van der Waals surface area contributed by atoms with E-state index in [9.17, 15) is 4.79 Å². The fraction of sp³-hybridized carbons (Fsp3) is 0.571. The van der Waals surface area contributed by atoms with E-state index in [4.69, 9.17) is 10.5 Å². The van der Waals surface area contributed by atoms with Gasteiger partial charge in [0.05, 0.1) is 12.5 Å². The maximum absolute atomic E-state index is 12.3. The van der Waals surface area contributed by atoms with Crippen molar-refractivity contribution in [2.24, 2.45) is 11.1 Å². The number of nitrogens with two attached hydrogens (primary N) is 1. The highest BCUT2D eigenvalue weighted by atomic mass is 16.5. The third kappa shape index (κ3) is 3.44. The van der Waals surface area contributed by atoms with E-state index in [0.29, 0.717) is 19.0 Å². The lowest BCUT2D eigenvalue weighted by atomic mass is 9.81. The SMILES string of the molecule is CCC(CC)(CN)C(=O)NCc1cccnc1OC. The summed E-state index contributed by atoms with van der Waals surface area (Å²) in [6, 6.07) is 3.70. The van der Waals surface area contributed by atoms with Crippen molar-refractivity contribution in [2.75, 3.05) is 13.7 Å². The lowest BCUT2D eigenvalue weighted by molar-refractivity contribution is -0.131. The number of carbonyl (C=O) groups is 1. The van der Waals surface area contributed by atoms with Gasteiger partial charge < -0.3 is 15.8 Å². The summed E-state index contributed by atoms with van der Waals surface area (Å²) in [5.74, 6) is 0.528. The highest BCUT2D eigenvalue weighted by molar-refractivity contribution is 5.82. The lowest BCUT2D eigenvalue weighted by Crippen LogP contribution is -2.45. The Hall–Kier alpha value is -1.62. The molecule has 1 aromatic rings. The van der Waals surface area contributed by atoms with Gasteiger partial charge >= 0.3 is 0 Å². The lowest BCUT2D eigenvalue weighted by Gasteiger charge is -2.28. The van der Waals surface area contributed by atoms with Gasteiger partial charge in [-0.05, 0) is 18.9 Å². The predicted octanol–water partition coefficient (Wildman–Crippen LogP) is 1.47. The van der Waals surface area contributed by atoms with E-state index >= 15 is 0 Å². The first kappa shape index (κ1) is 15.4. The number of hydrogen-bond donors (Lipinski definition) is 2. The molecule has 1 heterocycles. The number of nitrogens with zero attached hydrogens (tertiary/aromatic N) is 1. The number of pyridine rings is 1. The molecule has 1 amide bonds. The zero-order valence-electron chi connectivity index (χ0n) is 11.9. The standard InChI is InChI=1S/C14H23N3O2/c1-4-14(5-2,10-15)13(18)17-9-11-7-6-8-16-12(11)19-3/h6-8H,4-5,9-10,15H2,1-3H3,(H,17,18). The van der Waals surface area contributed by atoms with Gasteiger partial charge in [0.2, 0.25) is 11.8 Å². The highest BCUT2D eigenvalue weighted by Crippen LogP contribution is 2.25. The molecule has 1 aromatic heterocycles. The van der Waals surface area contributed by atoms with E-state index in [1.807, 2.05) is 26.0 Å². The first-order chi connectivity index (χ1) is 9.13. The Bertz CT molecular complexity index is 409. The molecule has 0 aliphatic carbocycles. The molecule has 5 heteroatoms. The molecule has 0 saturated heterocycles. The Balaban J connectivity index is 2.73. The summed E-state index contributed by atoms with van der Waals surface area (Å²) in [6.45, 7) is 4.73. The Morgan fingerprint density at radius 3 is 2.68 bits per heavy atom. The van der Waals surface area contributed by atoms with Gasteiger partial charge in [-0.15, -0.1) is 0 Å². The maximum atomic E-state index is 12.3. The van der Waals surface area contributed by atoms with Crippen molar-refractivity contribution in [3.8, 4) is 5.88 Å². The minimum Gasteiger partial charge on any atom is -0.481 e. The molecule has 5 nitrogen and oxygen atoms in total. The van der Waals surface area contributed by atoms with Crippen LogP contribution in [0.15, 0.2) is 18.3 Å². The molecule has 0 spiro atoms. The molecule has 0 radical (unpaired) electrons. The quantitative estimate of drug-likeness (QED) is 0.782. The summed E-state index contributed by atoms with van der Waals surface area (Å²) in [5, 5.41) is 2.93. The topological polar surface area (TPSA) is 77.2 Å². The van der Waals surface area contributed by atoms with Gasteiger partial charge in [-0.3, -0.25) is 4.79 Å². The fourth-order valence-corrected chi connectivity index (χ4v) is 2.06. The number of rotatable bonds is 7. The summed E-state index contributed by atoms with van der Waals surface area (Å²) < 4.78 is 5.16. The molecule has 0 aliphatic heterocycles. The fourth-order valence-electron chi connectivity index (χ4n) is 2.06. The van der Waals surface area contributed by atoms with Crippen molar-refractivity contribution in [1.82, 2.24) is 10.3 Å². The van der Waals surface area contributed by atoms with Crippen molar-refractivity contribution in [2.45, 2.75) is 33.2 Å². The van der Waals surface area contributed by atoms with Gasteiger partial charge in [-0.25, -0.2) is 4.98 Å². The van der Waals surface area contributed by atoms with Gasteiger partial charge in [-0.1, -0.05) is 19.9 Å². The molecule has 0 unspecified atom stereocenters. The first-order valence-electron chi connectivity index (χ1n) is 6.59. The van der Waals surface area contributed by atoms with Gasteiger partial charge in [0, 0.05) is 24.8 Å². The summed E-state index contributed by atoms with van der Waals surface area (Å²) >= 11 is 0. The zero-order chi connectivity index (χ0) is 14.3. The number of carbonyl (C=O) groups excluding carboxylic acids is 1. The molecule has 0 bridgehead atoms. The third-order valence-electron chi connectivity index (χ3n) is 3.71. The molecule has 0 saturated carbocycles. The molecule has 106 valence electrons. The van der Waals surface area contributed by atoms with E-state index in [-0.39, 0.29) is 5.91 Å². The number of aromatic nitrogens is 1. The largest absolute Gasteiger partial charge is 0.481 e. The third-order valence-corrected chi connectivity index (χ3v) is 3.71. The molecule has 0 fully saturated rings. The van der Waals surface area contributed by atoms with Crippen LogP contribution in [0.1, 0.15) is 32.3 Å². The van der Waals surface area contributed by atoms with Crippen LogP contribution in [0.25, 0.3) is 0 Å². The van der Waals surface area contributed by atoms with E-state index in [1.165, 1.54) is 0 Å². The Morgan fingerprint density at radius 2 is 2.16 bits per heavy atom. The van der Waals surface area contributed by atoms with Gasteiger partial charge in [0.1, 0.15) is 0 Å². The van der Waals surface area contributed by atoms with Crippen LogP contribution in [-0.4, -0.2) is 24.5 Å². The van der Waals surface area contributed by atoms with E-state index in [0.717, 1.165) is 18.4 Å². The van der Waals surface area contributed by atoms with Crippen LogP contribution < -0.4 is 15.8 Å². The summed E-state index contributed by atoms with van der Waals surface area (Å²) in [4.78, 5) is 16.4. The monoisotopic (exact) mass is 265 g/mol. The average Bonchev–Trinajstić information content (AvgIpc) is 2.47. The van der Waals surface area contributed by atoms with Gasteiger partial charge in [-0.2, -0.15) is 0 Å². The number of hydrogen-bond acceptors (Lipinski definition) is 4. The van der Waals surface area contributed by atoms with E-state index < -0.39 is 5.41 Å². The Kier molecular flexibility index (Phi) is 5.76. The number of amides is 1. The molecular formula is C14H23N3O2. The summed E-state index contributed by atoms with van der Waals surface area (Å²) in [5.41, 5.74) is 6.14. The van der Waals surface area contributed by atoms with E-state index in [2.05, 4.69) is 10.3 Å². The minimum absolute atomic E-state index is 0.00842. The molecule has 19 heavy (non-hydrogen) atoms. The molecule has 0 aliphatic rings. The van der Waals surface area contributed by atoms with Crippen molar-refractivity contribution in [3.05, 3.63) is 23.9 Å². The second kappa shape index (κ2) is 7.09. The smallest absolute Gasteiger partial charge is 0.227 e. The zero-order valence-corrected chi connectivity index (χ0v) is 11.9. The molecular weight excluding hydrogens is 242 g/mol.